The van der Waals surface area contributed by atoms with Crippen LogP contribution in [0.4, 0.5) is 0 Å². The van der Waals surface area contributed by atoms with Crippen molar-refractivity contribution in [2.45, 2.75) is 26.7 Å². The largest absolute Gasteiger partial charge is 1.00 e. The minimum atomic E-state index is 0. The smallest absolute Gasteiger partial charge is 0.326 e. The van der Waals surface area contributed by atoms with Gasteiger partial charge in [-0.25, -0.2) is 0 Å². The molecule has 1 nitrogen and oxygen atoms in total. The summed E-state index contributed by atoms with van der Waals surface area (Å²) in [7, 11) is 2.17. The van der Waals surface area contributed by atoms with Crippen molar-refractivity contribution in [3.05, 3.63) is 6.42 Å². The molecule has 0 aliphatic carbocycles. The Hall–Kier alpha value is 3.57. The molecule has 1 fully saturated rings. The summed E-state index contributed by atoms with van der Waals surface area (Å²) in [6, 6.07) is 0. The van der Waals surface area contributed by atoms with E-state index in [0.717, 1.165) is 0 Å². The van der Waals surface area contributed by atoms with Gasteiger partial charge in [0.05, 0.1) is 0 Å². The second-order valence-corrected chi connectivity index (χ2v) is 2.17. The summed E-state index contributed by atoms with van der Waals surface area (Å²) in [4.78, 5) is 2.36. The van der Waals surface area contributed by atoms with Gasteiger partial charge in [-0.2, -0.15) is 12.8 Å². The monoisotopic (exact) mass is 298 g/mol. The van der Waals surface area contributed by atoms with Crippen molar-refractivity contribution in [2.24, 2.45) is 0 Å². The standard InChI is InChI=1S/C6H12N.C2H6.2Rb/c1-7-5-3-2-4-6-7;1-2;;/h2H,3-6H2,1H3;1-2H3;;/q-1;;2*+1. The van der Waals surface area contributed by atoms with E-state index in [2.05, 4.69) is 18.4 Å². The molecule has 11 heavy (non-hydrogen) atoms. The van der Waals surface area contributed by atoms with Gasteiger partial charge in [0.2, 0.25) is 0 Å². The van der Waals surface area contributed by atoms with E-state index in [9.17, 15) is 0 Å². The van der Waals surface area contributed by atoms with E-state index < -0.39 is 0 Å². The van der Waals surface area contributed by atoms with Gasteiger partial charge in [0.1, 0.15) is 0 Å². The van der Waals surface area contributed by atoms with Crippen molar-refractivity contribution < 1.29 is 116 Å². The molecule has 0 N–H and O–H groups in total. The molecule has 0 unspecified atom stereocenters. The molecule has 0 spiro atoms. The van der Waals surface area contributed by atoms with Crippen molar-refractivity contribution in [1.82, 2.24) is 4.90 Å². The Labute approximate surface area is 170 Å². The van der Waals surface area contributed by atoms with Gasteiger partial charge in [-0.15, -0.1) is 0 Å². The Kier molecular flexibility index (Phi) is 29.2. The van der Waals surface area contributed by atoms with Crippen LogP contribution < -0.4 is 116 Å². The summed E-state index contributed by atoms with van der Waals surface area (Å²) in [5.74, 6) is 0. The van der Waals surface area contributed by atoms with E-state index in [-0.39, 0.29) is 116 Å². The molecule has 3 heteroatoms. The van der Waals surface area contributed by atoms with Crippen LogP contribution in [0.15, 0.2) is 0 Å². The number of likely N-dealkylation sites (tertiary alicyclic amines) is 1. The number of nitrogens with zero attached hydrogens (tertiary/aromatic N) is 1. The van der Waals surface area contributed by atoms with Crippen LogP contribution in [-0.4, -0.2) is 25.0 Å². The van der Waals surface area contributed by atoms with Crippen LogP contribution in [0, 0.1) is 6.42 Å². The average Bonchev–Trinajstić information content (AvgIpc) is 1.94. The van der Waals surface area contributed by atoms with Crippen LogP contribution in [0.1, 0.15) is 26.7 Å². The maximum Gasteiger partial charge on any atom is 1.00 e. The molecule has 1 aliphatic rings. The van der Waals surface area contributed by atoms with E-state index in [4.69, 9.17) is 0 Å². The van der Waals surface area contributed by atoms with Crippen LogP contribution >= 0.6 is 0 Å². The fourth-order valence-electron chi connectivity index (χ4n) is 0.879. The van der Waals surface area contributed by atoms with E-state index in [1.54, 1.807) is 0 Å². The number of hydrogen-bond donors (Lipinski definition) is 0. The molecule has 0 aromatic carbocycles. The van der Waals surface area contributed by atoms with E-state index >= 15 is 0 Å². The summed E-state index contributed by atoms with van der Waals surface area (Å²) < 4.78 is 0. The maximum absolute atomic E-state index is 2.36. The van der Waals surface area contributed by atoms with Crippen LogP contribution in [0.25, 0.3) is 0 Å². The second-order valence-electron chi connectivity index (χ2n) is 2.17. The van der Waals surface area contributed by atoms with Crippen molar-refractivity contribution >= 4 is 0 Å². The molecular weight excluding hydrogens is 281 g/mol. The van der Waals surface area contributed by atoms with Crippen molar-refractivity contribution in [3.63, 3.8) is 0 Å². The molecule has 0 radical (unpaired) electrons. The zero-order valence-corrected chi connectivity index (χ0v) is 18.7. The predicted octanol–water partition coefficient (Wildman–Crippen LogP) is -4.05. The molecule has 1 heterocycles. The average molecular weight is 299 g/mol. The van der Waals surface area contributed by atoms with Crippen LogP contribution in [0.5, 0.6) is 0 Å². The van der Waals surface area contributed by atoms with Gasteiger partial charge in [0.15, 0.2) is 0 Å². The number of piperidine rings is 1. The SMILES string of the molecule is CC.CN1CC[CH-]CC1.[Rb+].[Rb+]. The molecule has 1 aliphatic heterocycles. The molecule has 0 bridgehead atoms. The second kappa shape index (κ2) is 16.0. The number of hydrogen-bond acceptors (Lipinski definition) is 1. The molecule has 1 saturated heterocycles. The third-order valence-electron chi connectivity index (χ3n) is 1.43. The van der Waals surface area contributed by atoms with E-state index in [1.807, 2.05) is 13.8 Å². The summed E-state index contributed by atoms with van der Waals surface area (Å²) in [6.07, 6.45) is 4.94. The first kappa shape index (κ1) is 20.0. The first-order chi connectivity index (χ1) is 4.39. The zero-order chi connectivity index (χ0) is 7.11. The van der Waals surface area contributed by atoms with E-state index in [0.29, 0.717) is 0 Å². The van der Waals surface area contributed by atoms with Gasteiger partial charge in [0, 0.05) is 0 Å². The minimum Gasteiger partial charge on any atom is -0.326 e. The van der Waals surface area contributed by atoms with Gasteiger partial charge >= 0.3 is 116 Å². The van der Waals surface area contributed by atoms with Gasteiger partial charge in [-0.05, 0) is 20.1 Å². The fraction of sp³-hybridized carbons (Fsp3) is 0.875. The summed E-state index contributed by atoms with van der Waals surface area (Å²) in [5.41, 5.74) is 0. The molecule has 0 aromatic rings. The van der Waals surface area contributed by atoms with Crippen LogP contribution in [-0.2, 0) is 0 Å². The van der Waals surface area contributed by atoms with Gasteiger partial charge in [0.25, 0.3) is 0 Å². The third-order valence-corrected chi connectivity index (χ3v) is 1.43. The summed E-state index contributed by atoms with van der Waals surface area (Å²) >= 11 is 0. The van der Waals surface area contributed by atoms with Gasteiger partial charge < -0.3 is 11.3 Å². The topological polar surface area (TPSA) is 3.24 Å². The van der Waals surface area contributed by atoms with Crippen molar-refractivity contribution in [3.8, 4) is 0 Å². The van der Waals surface area contributed by atoms with Gasteiger partial charge in [-0.1, -0.05) is 13.8 Å². The zero-order valence-electron chi connectivity index (χ0n) is 8.85. The van der Waals surface area contributed by atoms with Gasteiger partial charge in [-0.3, -0.25) is 0 Å². The van der Waals surface area contributed by atoms with Crippen LogP contribution in [0.2, 0.25) is 0 Å². The molecule has 0 atom stereocenters. The molecule has 1 rings (SSSR count). The van der Waals surface area contributed by atoms with E-state index in [1.165, 1.54) is 25.9 Å². The Morgan fingerprint density at radius 3 is 1.55 bits per heavy atom. The number of rotatable bonds is 0. The molecular formula is C8H18NRb2+. The Balaban J connectivity index is -0.000000149. The minimum absolute atomic E-state index is 0. The van der Waals surface area contributed by atoms with Crippen molar-refractivity contribution in [2.75, 3.05) is 20.1 Å². The third kappa shape index (κ3) is 13.6. The van der Waals surface area contributed by atoms with Crippen molar-refractivity contribution in [1.29, 1.82) is 0 Å². The molecule has 0 amide bonds. The molecule has 56 valence electrons. The normalized spacial score (nSPS) is 16.6. The molecule has 0 saturated carbocycles. The predicted molar refractivity (Wildman–Crippen MR) is 42.4 cm³/mol. The Bertz CT molecular complexity index is 54.1. The van der Waals surface area contributed by atoms with Crippen LogP contribution in [0.3, 0.4) is 0 Å². The fourth-order valence-corrected chi connectivity index (χ4v) is 0.879. The quantitative estimate of drug-likeness (QED) is 0.412. The Morgan fingerprint density at radius 1 is 1.00 bits per heavy atom. The summed E-state index contributed by atoms with van der Waals surface area (Å²) in [6.45, 7) is 6.53. The first-order valence-corrected chi connectivity index (χ1v) is 3.90. The maximum atomic E-state index is 2.36. The molecule has 0 aromatic heterocycles. The summed E-state index contributed by atoms with van der Waals surface area (Å²) in [5, 5.41) is 0. The first-order valence-electron chi connectivity index (χ1n) is 3.90. The Morgan fingerprint density at radius 2 is 1.36 bits per heavy atom.